The van der Waals surface area contributed by atoms with Crippen LogP contribution in [0.15, 0.2) is 12.2 Å². The van der Waals surface area contributed by atoms with E-state index in [2.05, 4.69) is 0 Å². The molecule has 0 fully saturated rings. The van der Waals surface area contributed by atoms with E-state index in [4.69, 9.17) is 5.11 Å². The molecule has 12 heavy (non-hydrogen) atoms. The first-order valence-corrected chi connectivity index (χ1v) is 3.60. The number of carboxylic acid groups (broad SMARTS) is 1. The molecule has 0 saturated carbocycles. The summed E-state index contributed by atoms with van der Waals surface area (Å²) in [6.07, 6.45) is 3.07. The molecule has 0 radical (unpaired) electrons. The molecular weight excluding hydrogens is 158 g/mol. The normalized spacial score (nSPS) is 10.9. The van der Waals surface area contributed by atoms with Gasteiger partial charge in [-0.1, -0.05) is 6.08 Å². The average Bonchev–Trinajstić information content (AvgIpc) is 1.84. The standard InChI is InChI=1S/C8H13NO3/c1-7(10)4-3-5-9(2)6-8(11)12/h3-4H,5-6H2,1-2H3,(H,11,12)/b4-3+. The molecule has 0 aromatic heterocycles. The fourth-order valence-electron chi connectivity index (χ4n) is 0.694. The van der Waals surface area contributed by atoms with Gasteiger partial charge in [0.1, 0.15) is 0 Å². The van der Waals surface area contributed by atoms with Crippen LogP contribution in [-0.2, 0) is 9.59 Å². The number of hydrogen-bond donors (Lipinski definition) is 1. The first-order valence-electron chi connectivity index (χ1n) is 3.60. The van der Waals surface area contributed by atoms with E-state index in [0.717, 1.165) is 0 Å². The quantitative estimate of drug-likeness (QED) is 0.598. The fraction of sp³-hybridized carbons (Fsp3) is 0.500. The lowest BCUT2D eigenvalue weighted by Crippen LogP contribution is -2.25. The van der Waals surface area contributed by atoms with Crippen LogP contribution in [0.5, 0.6) is 0 Å². The van der Waals surface area contributed by atoms with Crippen molar-refractivity contribution in [2.75, 3.05) is 20.1 Å². The van der Waals surface area contributed by atoms with Crippen molar-refractivity contribution < 1.29 is 14.7 Å². The zero-order valence-corrected chi connectivity index (χ0v) is 7.28. The van der Waals surface area contributed by atoms with Crippen molar-refractivity contribution >= 4 is 11.8 Å². The smallest absolute Gasteiger partial charge is 0.317 e. The third-order valence-electron chi connectivity index (χ3n) is 1.17. The SMILES string of the molecule is CC(=O)/C=C/CN(C)CC(=O)O. The third kappa shape index (κ3) is 6.95. The number of hydrogen-bond acceptors (Lipinski definition) is 3. The van der Waals surface area contributed by atoms with Gasteiger partial charge in [0, 0.05) is 6.54 Å². The maximum Gasteiger partial charge on any atom is 0.317 e. The van der Waals surface area contributed by atoms with E-state index in [1.807, 2.05) is 0 Å². The summed E-state index contributed by atoms with van der Waals surface area (Å²) in [5, 5.41) is 8.36. The van der Waals surface area contributed by atoms with Gasteiger partial charge < -0.3 is 5.11 Å². The van der Waals surface area contributed by atoms with Gasteiger partial charge in [0.05, 0.1) is 6.54 Å². The molecule has 0 bridgehead atoms. The minimum Gasteiger partial charge on any atom is -0.480 e. The predicted octanol–water partition coefficient (Wildman–Crippen LogP) is 0.148. The number of likely N-dealkylation sites (N-methyl/N-ethyl adjacent to an activating group) is 1. The largest absolute Gasteiger partial charge is 0.480 e. The van der Waals surface area contributed by atoms with Gasteiger partial charge in [-0.2, -0.15) is 0 Å². The second-order valence-corrected chi connectivity index (χ2v) is 2.60. The van der Waals surface area contributed by atoms with Crippen molar-refractivity contribution in [1.82, 2.24) is 4.90 Å². The lowest BCUT2D eigenvalue weighted by Gasteiger charge is -2.09. The van der Waals surface area contributed by atoms with Crippen LogP contribution in [0, 0.1) is 0 Å². The summed E-state index contributed by atoms with van der Waals surface area (Å²) >= 11 is 0. The van der Waals surface area contributed by atoms with Crippen LogP contribution in [0.1, 0.15) is 6.92 Å². The van der Waals surface area contributed by atoms with E-state index in [0.29, 0.717) is 6.54 Å². The van der Waals surface area contributed by atoms with E-state index in [9.17, 15) is 9.59 Å². The lowest BCUT2D eigenvalue weighted by atomic mass is 10.4. The van der Waals surface area contributed by atoms with Crippen LogP contribution >= 0.6 is 0 Å². The highest BCUT2D eigenvalue weighted by molar-refractivity contribution is 5.87. The second-order valence-electron chi connectivity index (χ2n) is 2.60. The van der Waals surface area contributed by atoms with Crippen molar-refractivity contribution in [2.45, 2.75) is 6.92 Å². The molecular formula is C8H13NO3. The Hall–Kier alpha value is -1.16. The highest BCUT2D eigenvalue weighted by atomic mass is 16.4. The number of allylic oxidation sites excluding steroid dienone is 1. The Balaban J connectivity index is 3.63. The van der Waals surface area contributed by atoms with Crippen LogP contribution in [0.3, 0.4) is 0 Å². The number of nitrogens with zero attached hydrogens (tertiary/aromatic N) is 1. The van der Waals surface area contributed by atoms with Gasteiger partial charge >= 0.3 is 5.97 Å². The molecule has 0 rings (SSSR count). The van der Waals surface area contributed by atoms with E-state index >= 15 is 0 Å². The summed E-state index contributed by atoms with van der Waals surface area (Å²) in [7, 11) is 1.68. The Morgan fingerprint density at radius 3 is 2.50 bits per heavy atom. The first-order chi connectivity index (χ1) is 5.52. The van der Waals surface area contributed by atoms with Gasteiger partial charge in [-0.3, -0.25) is 14.5 Å². The molecule has 0 aliphatic rings. The molecule has 1 N–H and O–H groups in total. The molecule has 0 aromatic rings. The molecule has 0 unspecified atom stereocenters. The van der Waals surface area contributed by atoms with E-state index < -0.39 is 5.97 Å². The summed E-state index contributed by atoms with van der Waals surface area (Å²) in [6.45, 7) is 1.92. The van der Waals surface area contributed by atoms with Crippen molar-refractivity contribution in [3.05, 3.63) is 12.2 Å². The number of ketones is 1. The highest BCUT2D eigenvalue weighted by Gasteiger charge is 2.00. The minimum atomic E-state index is -0.867. The molecule has 0 aromatic carbocycles. The molecule has 0 aliphatic carbocycles. The monoisotopic (exact) mass is 171 g/mol. The van der Waals surface area contributed by atoms with E-state index in [1.165, 1.54) is 13.0 Å². The van der Waals surface area contributed by atoms with Gasteiger partial charge in [-0.25, -0.2) is 0 Å². The maximum atomic E-state index is 10.4. The molecule has 4 nitrogen and oxygen atoms in total. The second kappa shape index (κ2) is 5.49. The Labute approximate surface area is 71.5 Å². The zero-order valence-electron chi connectivity index (χ0n) is 7.28. The number of carboxylic acids is 1. The summed E-state index contributed by atoms with van der Waals surface area (Å²) in [5.41, 5.74) is 0. The Bertz CT molecular complexity index is 198. The van der Waals surface area contributed by atoms with Gasteiger partial charge in [0.2, 0.25) is 0 Å². The number of rotatable bonds is 5. The van der Waals surface area contributed by atoms with Gasteiger partial charge in [0.15, 0.2) is 5.78 Å². The van der Waals surface area contributed by atoms with Crippen LogP contribution in [0.4, 0.5) is 0 Å². The van der Waals surface area contributed by atoms with Crippen molar-refractivity contribution in [3.63, 3.8) is 0 Å². The predicted molar refractivity (Wildman–Crippen MR) is 45.0 cm³/mol. The molecule has 0 aliphatic heterocycles. The number of carbonyl (C=O) groups is 2. The molecule has 68 valence electrons. The lowest BCUT2D eigenvalue weighted by molar-refractivity contribution is -0.137. The first kappa shape index (κ1) is 10.8. The molecule has 0 atom stereocenters. The van der Waals surface area contributed by atoms with Gasteiger partial charge in [0.25, 0.3) is 0 Å². The minimum absolute atomic E-state index is 0.0117. The molecule has 0 amide bonds. The van der Waals surface area contributed by atoms with Crippen molar-refractivity contribution in [1.29, 1.82) is 0 Å². The van der Waals surface area contributed by atoms with E-state index in [-0.39, 0.29) is 12.3 Å². The summed E-state index contributed by atoms with van der Waals surface area (Å²) < 4.78 is 0. The number of carbonyl (C=O) groups excluding carboxylic acids is 1. The molecule has 0 spiro atoms. The highest BCUT2D eigenvalue weighted by Crippen LogP contribution is 1.83. The molecule has 0 heterocycles. The topological polar surface area (TPSA) is 57.6 Å². The Morgan fingerprint density at radius 2 is 2.08 bits per heavy atom. The van der Waals surface area contributed by atoms with Gasteiger partial charge in [-0.15, -0.1) is 0 Å². The Morgan fingerprint density at radius 1 is 1.50 bits per heavy atom. The summed E-state index contributed by atoms with van der Waals surface area (Å²) in [4.78, 5) is 22.2. The fourth-order valence-corrected chi connectivity index (χ4v) is 0.694. The van der Waals surface area contributed by atoms with Gasteiger partial charge in [-0.05, 0) is 20.0 Å². The molecule has 4 heteroatoms. The average molecular weight is 171 g/mol. The van der Waals surface area contributed by atoms with Crippen LogP contribution < -0.4 is 0 Å². The molecule has 0 saturated heterocycles. The summed E-state index contributed by atoms with van der Waals surface area (Å²) in [5.74, 6) is -0.896. The van der Waals surface area contributed by atoms with Crippen molar-refractivity contribution in [3.8, 4) is 0 Å². The van der Waals surface area contributed by atoms with Crippen molar-refractivity contribution in [2.24, 2.45) is 0 Å². The summed E-state index contributed by atoms with van der Waals surface area (Å²) in [6, 6.07) is 0. The Kier molecular flexibility index (Phi) is 4.96. The van der Waals surface area contributed by atoms with Crippen LogP contribution in [0.25, 0.3) is 0 Å². The van der Waals surface area contributed by atoms with E-state index in [1.54, 1.807) is 18.0 Å². The zero-order chi connectivity index (χ0) is 9.56. The van der Waals surface area contributed by atoms with Crippen LogP contribution in [-0.4, -0.2) is 41.9 Å². The van der Waals surface area contributed by atoms with Crippen LogP contribution in [0.2, 0.25) is 0 Å². The third-order valence-corrected chi connectivity index (χ3v) is 1.17. The number of aliphatic carboxylic acids is 1. The maximum absolute atomic E-state index is 10.4.